The molecular formula is C8H12N4O6. The molecule has 100 valence electrons. The van der Waals surface area contributed by atoms with Gasteiger partial charge in [0, 0.05) is 0 Å². The monoisotopic (exact) mass is 260 g/mol. The minimum Gasteiger partial charge on any atom is -0.385 e. The predicted octanol–water partition coefficient (Wildman–Crippen LogP) is -1.37. The molecule has 1 rings (SSSR count). The van der Waals surface area contributed by atoms with Gasteiger partial charge in [0.1, 0.15) is 12.2 Å². The average Bonchev–Trinajstić information content (AvgIpc) is 2.78. The van der Waals surface area contributed by atoms with E-state index in [1.54, 1.807) is 0 Å². The second-order valence-electron chi connectivity index (χ2n) is 4.00. The largest absolute Gasteiger partial charge is 0.385 e. The van der Waals surface area contributed by atoms with Crippen molar-refractivity contribution >= 4 is 5.91 Å². The molecule has 0 fully saturated rings. The van der Waals surface area contributed by atoms with Gasteiger partial charge in [-0.05, 0) is 13.8 Å². The highest BCUT2D eigenvalue weighted by atomic mass is 17.0. The van der Waals surface area contributed by atoms with Crippen LogP contribution in [0.25, 0.3) is 0 Å². The Bertz CT molecular complexity index is 440. The van der Waals surface area contributed by atoms with Gasteiger partial charge in [0.05, 0.1) is 12.4 Å². The van der Waals surface area contributed by atoms with Crippen molar-refractivity contribution < 1.29 is 24.9 Å². The Kier molecular flexibility index (Phi) is 3.62. The van der Waals surface area contributed by atoms with Gasteiger partial charge in [-0.2, -0.15) is 4.68 Å². The molecule has 2 N–H and O–H groups in total. The molecule has 10 nitrogen and oxygen atoms in total. The van der Waals surface area contributed by atoms with Gasteiger partial charge in [-0.3, -0.25) is 4.79 Å². The first-order valence-electron chi connectivity index (χ1n) is 4.81. The van der Waals surface area contributed by atoms with Crippen molar-refractivity contribution in [2.24, 2.45) is 0 Å². The zero-order valence-corrected chi connectivity index (χ0v) is 9.68. The molecule has 0 aliphatic carbocycles. The third-order valence-corrected chi connectivity index (χ3v) is 2.55. The summed E-state index contributed by atoms with van der Waals surface area (Å²) < 4.78 is 0.709. The molecule has 0 aliphatic rings. The first kappa shape index (κ1) is 14.0. The predicted molar refractivity (Wildman–Crippen MR) is 54.8 cm³/mol. The molecule has 0 bridgehead atoms. The summed E-state index contributed by atoms with van der Waals surface area (Å²) in [7, 11) is 0. The smallest absolute Gasteiger partial charge is 0.294 e. The minimum atomic E-state index is -2.34. The summed E-state index contributed by atoms with van der Waals surface area (Å²) in [6, 6.07) is 0. The van der Waals surface area contributed by atoms with Gasteiger partial charge in [-0.1, -0.05) is 5.21 Å². The van der Waals surface area contributed by atoms with Crippen LogP contribution < -0.4 is 0 Å². The van der Waals surface area contributed by atoms with E-state index in [1.807, 2.05) is 0 Å². The molecule has 0 amide bonds. The molecule has 1 aromatic rings. The zero-order valence-electron chi connectivity index (χ0n) is 9.68. The Balaban J connectivity index is 2.90. The van der Waals surface area contributed by atoms with Gasteiger partial charge in [-0.25, -0.2) is 0 Å². The lowest BCUT2D eigenvalue weighted by molar-refractivity contribution is -0.761. The Morgan fingerprint density at radius 1 is 1.56 bits per heavy atom. The molecule has 1 heterocycles. The maximum atomic E-state index is 11.8. The molecule has 0 spiro atoms. The highest BCUT2D eigenvalue weighted by Crippen LogP contribution is 2.24. The third kappa shape index (κ3) is 2.60. The van der Waals surface area contributed by atoms with E-state index < -0.39 is 28.8 Å². The van der Waals surface area contributed by atoms with Gasteiger partial charge >= 0.3 is 0 Å². The molecule has 0 aromatic carbocycles. The van der Waals surface area contributed by atoms with Crippen LogP contribution in [0.2, 0.25) is 0 Å². The van der Waals surface area contributed by atoms with Crippen molar-refractivity contribution in [1.29, 1.82) is 0 Å². The number of hydrogen-bond acceptors (Lipinski definition) is 8. The van der Waals surface area contributed by atoms with Crippen LogP contribution >= 0.6 is 0 Å². The quantitative estimate of drug-likeness (QED) is 0.488. The fourth-order valence-electron chi connectivity index (χ4n) is 1.09. The Labute approximate surface area is 101 Å². The fraction of sp³-hybridized carbons (Fsp3) is 0.625. The molecule has 1 aromatic heterocycles. The van der Waals surface area contributed by atoms with Gasteiger partial charge in [0.15, 0.2) is 5.60 Å². The van der Waals surface area contributed by atoms with Crippen LogP contribution in [-0.4, -0.2) is 54.0 Å². The van der Waals surface area contributed by atoms with E-state index >= 15 is 0 Å². The minimum absolute atomic E-state index is 0.709. The number of nitrogens with zero attached hydrogens (tertiary/aromatic N) is 4. The number of rotatable bonds is 5. The van der Waals surface area contributed by atoms with E-state index in [1.165, 1.54) is 12.4 Å². The maximum Gasteiger partial charge on any atom is 0.294 e. The molecular weight excluding hydrogens is 248 g/mol. The molecule has 10 heteroatoms. The topological polar surface area (TPSA) is 141 Å². The molecule has 0 saturated carbocycles. The summed E-state index contributed by atoms with van der Waals surface area (Å²) in [5, 5.41) is 35.6. The van der Waals surface area contributed by atoms with E-state index in [0.29, 0.717) is 4.68 Å². The highest BCUT2D eigenvalue weighted by molar-refractivity contribution is 5.87. The van der Waals surface area contributed by atoms with Crippen LogP contribution in [0.1, 0.15) is 18.6 Å². The van der Waals surface area contributed by atoms with Crippen molar-refractivity contribution in [3.63, 3.8) is 0 Å². The van der Waals surface area contributed by atoms with Crippen LogP contribution in [-0.2, 0) is 4.84 Å². The van der Waals surface area contributed by atoms with Crippen molar-refractivity contribution in [2.75, 3.05) is 6.61 Å². The summed E-state index contributed by atoms with van der Waals surface area (Å²) in [4.78, 5) is 25.9. The zero-order chi connectivity index (χ0) is 14.0. The molecule has 18 heavy (non-hydrogen) atoms. The Morgan fingerprint density at radius 3 is 2.61 bits per heavy atom. The number of carbonyl (C=O) groups is 1. The van der Waals surface area contributed by atoms with Crippen LogP contribution in [0.5, 0.6) is 0 Å². The first-order valence-corrected chi connectivity index (χ1v) is 4.81. The van der Waals surface area contributed by atoms with Gasteiger partial charge < -0.3 is 15.1 Å². The lowest BCUT2D eigenvalue weighted by atomic mass is 9.86. The highest BCUT2D eigenvalue weighted by Gasteiger charge is 2.49. The molecule has 0 radical (unpaired) electrons. The third-order valence-electron chi connectivity index (χ3n) is 2.55. The SMILES string of the molecule is CC(O)(CO[N+](=O)[O-])C(C)(O)C(=O)n1ccnn1. The van der Waals surface area contributed by atoms with Gasteiger partial charge in [-0.15, -0.1) is 15.2 Å². The summed E-state index contributed by atoms with van der Waals surface area (Å²) in [5.41, 5.74) is -4.51. The first-order chi connectivity index (χ1) is 8.18. The number of aromatic nitrogens is 3. The second kappa shape index (κ2) is 4.66. The lowest BCUT2D eigenvalue weighted by Crippen LogP contribution is -2.59. The van der Waals surface area contributed by atoms with Crippen molar-refractivity contribution in [1.82, 2.24) is 15.0 Å². The second-order valence-corrected chi connectivity index (χ2v) is 4.00. The number of carbonyl (C=O) groups excluding carboxylic acids is 1. The molecule has 2 atom stereocenters. The van der Waals surface area contributed by atoms with E-state index in [4.69, 9.17) is 0 Å². The summed E-state index contributed by atoms with van der Waals surface area (Å²) >= 11 is 0. The standard InChI is InChI=1S/C8H12N4O6/c1-7(14,5-18-12(16)17)8(2,15)6(13)11-4-3-9-10-11/h3-4,14-15H,5H2,1-2H3. The number of aliphatic hydroxyl groups is 2. The van der Waals surface area contributed by atoms with Crippen molar-refractivity contribution in [2.45, 2.75) is 25.0 Å². The Hall–Kier alpha value is -2.07. The summed E-state index contributed by atoms with van der Waals surface area (Å²) in [6.07, 6.45) is 2.37. The number of hydrogen-bond donors (Lipinski definition) is 2. The summed E-state index contributed by atoms with van der Waals surface area (Å²) in [6.45, 7) is 1.17. The average molecular weight is 260 g/mol. The van der Waals surface area contributed by atoms with E-state index in [0.717, 1.165) is 13.8 Å². The van der Waals surface area contributed by atoms with Gasteiger partial charge in [0.2, 0.25) is 0 Å². The maximum absolute atomic E-state index is 11.8. The van der Waals surface area contributed by atoms with Crippen molar-refractivity contribution in [3.8, 4) is 0 Å². The van der Waals surface area contributed by atoms with Crippen LogP contribution in [0, 0.1) is 10.1 Å². The van der Waals surface area contributed by atoms with E-state index in [2.05, 4.69) is 15.1 Å². The normalized spacial score (nSPS) is 17.6. The van der Waals surface area contributed by atoms with Crippen molar-refractivity contribution in [3.05, 3.63) is 22.5 Å². The molecule has 0 aliphatic heterocycles. The fourth-order valence-corrected chi connectivity index (χ4v) is 1.09. The lowest BCUT2D eigenvalue weighted by Gasteiger charge is -2.35. The van der Waals surface area contributed by atoms with E-state index in [9.17, 15) is 25.1 Å². The van der Waals surface area contributed by atoms with Gasteiger partial charge in [0.25, 0.3) is 11.0 Å². The van der Waals surface area contributed by atoms with E-state index in [-0.39, 0.29) is 0 Å². The van der Waals surface area contributed by atoms with Crippen LogP contribution in [0.3, 0.4) is 0 Å². The molecule has 0 saturated heterocycles. The summed E-state index contributed by atoms with van der Waals surface area (Å²) in [5.74, 6) is -0.989. The van der Waals surface area contributed by atoms with Crippen LogP contribution in [0.4, 0.5) is 0 Å². The van der Waals surface area contributed by atoms with Crippen LogP contribution in [0.15, 0.2) is 12.4 Å². The Morgan fingerprint density at radius 2 is 2.17 bits per heavy atom. The molecule has 2 unspecified atom stereocenters.